The summed E-state index contributed by atoms with van der Waals surface area (Å²) in [6.07, 6.45) is 7.20. The number of hydrogen-bond donors (Lipinski definition) is 0. The van der Waals surface area contributed by atoms with Crippen LogP contribution in [0.2, 0.25) is 5.02 Å². The van der Waals surface area contributed by atoms with Gasteiger partial charge < -0.3 is 0 Å². The topological polar surface area (TPSA) is 0 Å². The zero-order chi connectivity index (χ0) is 19.6. The molecule has 0 amide bonds. The number of rotatable bonds is 0. The monoisotopic (exact) mass is 426 g/mol. The van der Waals surface area contributed by atoms with Crippen LogP contribution in [0, 0.1) is 23.7 Å². The van der Waals surface area contributed by atoms with Crippen molar-refractivity contribution < 1.29 is 0 Å². The van der Waals surface area contributed by atoms with Crippen molar-refractivity contribution in [2.75, 3.05) is 0 Å². The van der Waals surface area contributed by atoms with Crippen molar-refractivity contribution in [1.29, 1.82) is 0 Å². The van der Waals surface area contributed by atoms with Crippen molar-refractivity contribution in [3.05, 3.63) is 70.7 Å². The van der Waals surface area contributed by atoms with Crippen LogP contribution in [0.15, 0.2) is 54.6 Å². The smallest absolute Gasteiger partial charge is 0.0412 e. The average molecular weight is 427 g/mol. The fraction of sp³-hybridized carbons (Fsp3) is 0.357. The highest BCUT2D eigenvalue weighted by Gasteiger charge is 2.62. The second-order valence-electron chi connectivity index (χ2n) is 10.3. The number of hydrogen-bond acceptors (Lipinski definition) is 1. The highest BCUT2D eigenvalue weighted by Crippen LogP contribution is 2.70. The summed E-state index contributed by atoms with van der Waals surface area (Å²) >= 11 is 8.58. The summed E-state index contributed by atoms with van der Waals surface area (Å²) in [6, 6.07) is 20.6. The van der Waals surface area contributed by atoms with Gasteiger partial charge in [0.25, 0.3) is 0 Å². The standard InChI is InChI=1S/C28H23ClS/c29-19-5-8-24-23(14-19)21-6-7-22-20-3-1-2-4-25(20)30-27(22)26(21)28(24)17-10-15-9-16(12-17)13-18(28)11-15/h1-8,14-18H,9-13H2. The summed E-state index contributed by atoms with van der Waals surface area (Å²) in [4.78, 5) is 0. The molecule has 148 valence electrons. The van der Waals surface area contributed by atoms with Crippen LogP contribution in [-0.4, -0.2) is 0 Å². The van der Waals surface area contributed by atoms with Crippen molar-refractivity contribution in [3.63, 3.8) is 0 Å². The van der Waals surface area contributed by atoms with E-state index in [2.05, 4.69) is 54.6 Å². The third kappa shape index (κ3) is 1.83. The van der Waals surface area contributed by atoms with Gasteiger partial charge in [-0.15, -0.1) is 11.3 Å². The van der Waals surface area contributed by atoms with E-state index in [0.717, 1.165) is 28.7 Å². The molecule has 0 N–H and O–H groups in total. The van der Waals surface area contributed by atoms with Crippen LogP contribution >= 0.6 is 22.9 Å². The number of thiophene rings is 1. The van der Waals surface area contributed by atoms with E-state index in [4.69, 9.17) is 11.6 Å². The normalized spacial score (nSPS) is 33.0. The molecule has 30 heavy (non-hydrogen) atoms. The first-order valence-corrected chi connectivity index (χ1v) is 12.7. The van der Waals surface area contributed by atoms with E-state index < -0.39 is 0 Å². The molecule has 9 rings (SSSR count). The molecule has 0 atom stereocenters. The molecule has 5 aliphatic carbocycles. The zero-order valence-corrected chi connectivity index (χ0v) is 18.4. The Labute approximate surface area is 185 Å². The maximum Gasteiger partial charge on any atom is 0.0412 e. The Morgan fingerprint density at radius 1 is 0.767 bits per heavy atom. The van der Waals surface area contributed by atoms with Crippen molar-refractivity contribution in [3.8, 4) is 11.1 Å². The lowest BCUT2D eigenvalue weighted by atomic mass is 9.43. The van der Waals surface area contributed by atoms with Crippen molar-refractivity contribution in [2.24, 2.45) is 23.7 Å². The molecule has 4 fully saturated rings. The van der Waals surface area contributed by atoms with Crippen LogP contribution in [0.4, 0.5) is 0 Å². The van der Waals surface area contributed by atoms with E-state index in [0.29, 0.717) is 0 Å². The van der Waals surface area contributed by atoms with E-state index >= 15 is 0 Å². The SMILES string of the molecule is Clc1ccc2c(c1)-c1ccc3c(sc4ccccc43)c1C21C2CC3CC(C2)CC1C3. The largest absolute Gasteiger partial charge is 0.135 e. The molecule has 1 spiro atoms. The summed E-state index contributed by atoms with van der Waals surface area (Å²) in [5.74, 6) is 3.54. The molecule has 0 aliphatic heterocycles. The molecule has 4 aromatic rings. The lowest BCUT2D eigenvalue weighted by Crippen LogP contribution is -2.55. The van der Waals surface area contributed by atoms with Crippen molar-refractivity contribution in [2.45, 2.75) is 37.5 Å². The van der Waals surface area contributed by atoms with Gasteiger partial charge in [-0.25, -0.2) is 0 Å². The molecule has 5 aliphatic rings. The molecule has 0 unspecified atom stereocenters. The molecule has 1 aromatic heterocycles. The van der Waals surface area contributed by atoms with Crippen LogP contribution in [0.3, 0.4) is 0 Å². The summed E-state index contributed by atoms with van der Waals surface area (Å²) < 4.78 is 2.97. The summed E-state index contributed by atoms with van der Waals surface area (Å²) in [6.45, 7) is 0. The van der Waals surface area contributed by atoms with E-state index in [1.807, 2.05) is 11.3 Å². The van der Waals surface area contributed by atoms with Gasteiger partial charge in [0.05, 0.1) is 0 Å². The lowest BCUT2D eigenvalue weighted by Gasteiger charge is -2.61. The van der Waals surface area contributed by atoms with Crippen LogP contribution in [-0.2, 0) is 5.41 Å². The van der Waals surface area contributed by atoms with E-state index in [1.54, 1.807) is 15.8 Å². The molecule has 4 saturated carbocycles. The van der Waals surface area contributed by atoms with E-state index in [-0.39, 0.29) is 5.41 Å². The number of halogens is 1. The number of fused-ring (bicyclic) bond motifs is 7. The first-order chi connectivity index (χ1) is 14.7. The van der Waals surface area contributed by atoms with Gasteiger partial charge in [-0.1, -0.05) is 48.0 Å². The minimum absolute atomic E-state index is 0.211. The van der Waals surface area contributed by atoms with Crippen LogP contribution < -0.4 is 0 Å². The van der Waals surface area contributed by atoms with Crippen LogP contribution in [0.25, 0.3) is 31.3 Å². The van der Waals surface area contributed by atoms with Gasteiger partial charge in [-0.3, -0.25) is 0 Å². The quantitative estimate of drug-likeness (QED) is 0.264. The first kappa shape index (κ1) is 16.8. The van der Waals surface area contributed by atoms with Gasteiger partial charge in [0, 0.05) is 30.6 Å². The zero-order valence-electron chi connectivity index (χ0n) is 16.8. The summed E-state index contributed by atoms with van der Waals surface area (Å²) in [5.41, 5.74) is 6.37. The number of benzene rings is 3. The Kier molecular flexibility index (Phi) is 3.08. The van der Waals surface area contributed by atoms with E-state index in [1.165, 1.54) is 58.7 Å². The first-order valence-electron chi connectivity index (χ1n) is 11.5. The Bertz CT molecular complexity index is 1350. The summed E-state index contributed by atoms with van der Waals surface area (Å²) in [5, 5.41) is 3.76. The fourth-order valence-corrected chi connectivity index (χ4v) is 9.93. The van der Waals surface area contributed by atoms with Crippen LogP contribution in [0.1, 0.15) is 43.2 Å². The van der Waals surface area contributed by atoms with Crippen molar-refractivity contribution in [1.82, 2.24) is 0 Å². The van der Waals surface area contributed by atoms with Crippen molar-refractivity contribution >= 4 is 43.1 Å². The molecule has 0 radical (unpaired) electrons. The second-order valence-corrected chi connectivity index (χ2v) is 11.8. The Balaban J connectivity index is 1.54. The molecule has 4 bridgehead atoms. The van der Waals surface area contributed by atoms with E-state index in [9.17, 15) is 0 Å². The Morgan fingerprint density at radius 3 is 2.33 bits per heavy atom. The van der Waals surface area contributed by atoms with Gasteiger partial charge in [-0.2, -0.15) is 0 Å². The molecule has 3 aromatic carbocycles. The summed E-state index contributed by atoms with van der Waals surface area (Å²) in [7, 11) is 0. The lowest BCUT2D eigenvalue weighted by molar-refractivity contribution is -0.0393. The van der Waals surface area contributed by atoms with Crippen LogP contribution in [0.5, 0.6) is 0 Å². The van der Waals surface area contributed by atoms with Gasteiger partial charge in [0.2, 0.25) is 0 Å². The average Bonchev–Trinajstić information content (AvgIpc) is 3.25. The molecule has 0 saturated heterocycles. The van der Waals surface area contributed by atoms with Gasteiger partial charge in [0.15, 0.2) is 0 Å². The molecule has 2 heteroatoms. The maximum absolute atomic E-state index is 6.55. The Morgan fingerprint density at radius 2 is 1.53 bits per heavy atom. The van der Waals surface area contributed by atoms with Gasteiger partial charge >= 0.3 is 0 Å². The second kappa shape index (κ2) is 5.50. The Hall–Kier alpha value is -1.83. The predicted octanol–water partition coefficient (Wildman–Crippen LogP) is 8.43. The third-order valence-corrected chi connectivity index (χ3v) is 10.5. The molecular formula is C28H23ClS. The minimum atomic E-state index is 0.211. The van der Waals surface area contributed by atoms with Gasteiger partial charge in [0.1, 0.15) is 0 Å². The molecule has 1 heterocycles. The maximum atomic E-state index is 6.55. The van der Waals surface area contributed by atoms with Gasteiger partial charge in [-0.05, 0) is 96.2 Å². The highest BCUT2D eigenvalue weighted by molar-refractivity contribution is 7.26. The highest BCUT2D eigenvalue weighted by atomic mass is 35.5. The minimum Gasteiger partial charge on any atom is -0.135 e. The predicted molar refractivity (Wildman–Crippen MR) is 128 cm³/mol. The molecule has 0 nitrogen and oxygen atoms in total. The third-order valence-electron chi connectivity index (χ3n) is 9.10. The molecular weight excluding hydrogens is 404 g/mol. The fourth-order valence-electron chi connectivity index (χ4n) is 8.43.